The summed E-state index contributed by atoms with van der Waals surface area (Å²) >= 11 is 0. The number of aromatic amines is 1. The monoisotopic (exact) mass is 328 g/mol. The zero-order valence-corrected chi connectivity index (χ0v) is 13.8. The molecule has 0 spiro atoms. The SMILES string of the molecule is O=c1ccn([C@H]2O[C@H]3COP(=O)([O-])O[C@@H]3[C@@H]2O)c(=O)[nH]1.[Na+]. The first kappa shape index (κ1) is 17.1. The van der Waals surface area contributed by atoms with Crippen molar-refractivity contribution in [1.29, 1.82) is 0 Å². The van der Waals surface area contributed by atoms with Gasteiger partial charge in [-0.15, -0.1) is 0 Å². The summed E-state index contributed by atoms with van der Waals surface area (Å²) in [5, 5.41) is 10.0. The molecule has 10 nitrogen and oxygen atoms in total. The summed E-state index contributed by atoms with van der Waals surface area (Å²) in [5.41, 5.74) is -1.38. The molecule has 110 valence electrons. The van der Waals surface area contributed by atoms with Crippen LogP contribution in [-0.4, -0.2) is 39.6 Å². The van der Waals surface area contributed by atoms with Crippen molar-refractivity contribution in [2.45, 2.75) is 24.5 Å². The number of phosphoric ester groups is 1. The molecule has 3 heterocycles. The average molecular weight is 328 g/mol. The summed E-state index contributed by atoms with van der Waals surface area (Å²) in [6.07, 6.45) is -3.41. The van der Waals surface area contributed by atoms with Crippen molar-refractivity contribution in [2.75, 3.05) is 6.61 Å². The number of nitrogens with zero attached hydrogens (tertiary/aromatic N) is 1. The second-order valence-corrected chi connectivity index (χ2v) is 5.75. The minimum absolute atomic E-state index is 0. The van der Waals surface area contributed by atoms with Crippen molar-refractivity contribution in [1.82, 2.24) is 9.55 Å². The Morgan fingerprint density at radius 3 is 2.86 bits per heavy atom. The third-order valence-corrected chi connectivity index (χ3v) is 4.05. The Bertz CT molecular complexity index is 689. The number of aliphatic hydroxyl groups is 1. The largest absolute Gasteiger partial charge is 1.00 e. The molecule has 1 aromatic rings. The smallest absolute Gasteiger partial charge is 0.756 e. The second kappa shape index (κ2) is 6.07. The zero-order valence-electron chi connectivity index (χ0n) is 10.9. The third kappa shape index (κ3) is 3.24. The summed E-state index contributed by atoms with van der Waals surface area (Å²) in [4.78, 5) is 35.8. The van der Waals surface area contributed by atoms with Gasteiger partial charge in [0.25, 0.3) is 13.4 Å². The van der Waals surface area contributed by atoms with Crippen LogP contribution in [0.25, 0.3) is 0 Å². The molecule has 0 saturated carbocycles. The third-order valence-electron chi connectivity index (χ3n) is 3.08. The molecule has 0 amide bonds. The number of nitrogens with one attached hydrogen (secondary N) is 1. The number of aromatic nitrogens is 2. The molecule has 2 fully saturated rings. The number of ether oxygens (including phenoxy) is 1. The van der Waals surface area contributed by atoms with E-state index in [4.69, 9.17) is 4.74 Å². The van der Waals surface area contributed by atoms with E-state index >= 15 is 0 Å². The van der Waals surface area contributed by atoms with E-state index in [9.17, 15) is 24.2 Å². The predicted octanol–water partition coefficient (Wildman–Crippen LogP) is -5.32. The molecule has 3 rings (SSSR count). The predicted molar refractivity (Wildman–Crippen MR) is 59.7 cm³/mol. The summed E-state index contributed by atoms with van der Waals surface area (Å²) in [7, 11) is -4.47. The van der Waals surface area contributed by atoms with E-state index in [0.717, 1.165) is 16.8 Å². The summed E-state index contributed by atoms with van der Waals surface area (Å²) in [5.74, 6) is 0. The average Bonchev–Trinajstić information content (AvgIpc) is 2.66. The van der Waals surface area contributed by atoms with Crippen molar-refractivity contribution < 1.29 is 57.9 Å². The minimum atomic E-state index is -4.47. The topological polar surface area (TPSA) is 143 Å². The Morgan fingerprint density at radius 1 is 1.48 bits per heavy atom. The van der Waals surface area contributed by atoms with Crippen LogP contribution >= 0.6 is 7.82 Å². The Labute approximate surface area is 139 Å². The second-order valence-electron chi connectivity index (χ2n) is 4.39. The number of rotatable bonds is 1. The van der Waals surface area contributed by atoms with Gasteiger partial charge in [-0.05, 0) is 0 Å². The maximum absolute atomic E-state index is 11.6. The first-order chi connectivity index (χ1) is 9.37. The summed E-state index contributed by atoms with van der Waals surface area (Å²) in [6, 6.07) is 1.08. The van der Waals surface area contributed by atoms with Gasteiger partial charge in [0.2, 0.25) is 0 Å². The molecule has 2 N–H and O–H groups in total. The van der Waals surface area contributed by atoms with Crippen molar-refractivity contribution >= 4 is 7.82 Å². The summed E-state index contributed by atoms with van der Waals surface area (Å²) in [6.45, 7) is -0.308. The molecule has 2 saturated heterocycles. The van der Waals surface area contributed by atoms with Gasteiger partial charge in [0, 0.05) is 12.3 Å². The number of phosphoric acid groups is 1. The van der Waals surface area contributed by atoms with Crippen molar-refractivity contribution in [3.63, 3.8) is 0 Å². The van der Waals surface area contributed by atoms with E-state index < -0.39 is 43.6 Å². The molecule has 0 radical (unpaired) electrons. The van der Waals surface area contributed by atoms with Gasteiger partial charge >= 0.3 is 35.2 Å². The van der Waals surface area contributed by atoms with Gasteiger partial charge in [-0.25, -0.2) is 4.79 Å². The molecule has 0 aromatic carbocycles. The van der Waals surface area contributed by atoms with Crippen LogP contribution in [0, 0.1) is 0 Å². The van der Waals surface area contributed by atoms with Gasteiger partial charge in [0.15, 0.2) is 6.23 Å². The van der Waals surface area contributed by atoms with Crippen LogP contribution in [0.1, 0.15) is 6.23 Å². The first-order valence-corrected chi connectivity index (χ1v) is 7.12. The van der Waals surface area contributed by atoms with Gasteiger partial charge < -0.3 is 23.8 Å². The molecular formula is C9H10N2NaO8P. The first-order valence-electron chi connectivity index (χ1n) is 5.66. The van der Waals surface area contributed by atoms with E-state index in [1.54, 1.807) is 0 Å². The fraction of sp³-hybridized carbons (Fsp3) is 0.556. The molecule has 5 atom stereocenters. The van der Waals surface area contributed by atoms with Crippen molar-refractivity contribution in [3.05, 3.63) is 33.1 Å². The normalized spacial score (nSPS) is 38.6. The molecular weight excluding hydrogens is 318 g/mol. The van der Waals surface area contributed by atoms with Crippen molar-refractivity contribution in [3.8, 4) is 0 Å². The van der Waals surface area contributed by atoms with Crippen LogP contribution in [0.15, 0.2) is 21.9 Å². The van der Waals surface area contributed by atoms with Crippen LogP contribution < -0.4 is 45.7 Å². The number of fused-ring (bicyclic) bond motifs is 1. The molecule has 0 aliphatic carbocycles. The Balaban J connectivity index is 0.00000161. The molecule has 12 heteroatoms. The fourth-order valence-electron chi connectivity index (χ4n) is 2.19. The fourth-order valence-corrected chi connectivity index (χ4v) is 3.13. The van der Waals surface area contributed by atoms with Gasteiger partial charge in [-0.1, -0.05) is 0 Å². The molecule has 21 heavy (non-hydrogen) atoms. The van der Waals surface area contributed by atoms with Gasteiger partial charge in [-0.2, -0.15) is 0 Å². The van der Waals surface area contributed by atoms with Crippen LogP contribution in [0.2, 0.25) is 0 Å². The Morgan fingerprint density at radius 2 is 2.19 bits per heavy atom. The zero-order chi connectivity index (χ0) is 14.5. The maximum Gasteiger partial charge on any atom is 1.00 e. The number of hydrogen-bond donors (Lipinski definition) is 2. The minimum Gasteiger partial charge on any atom is -0.756 e. The molecule has 2 aliphatic heterocycles. The maximum atomic E-state index is 11.6. The van der Waals surface area contributed by atoms with Gasteiger partial charge in [-0.3, -0.25) is 18.9 Å². The molecule has 2 aliphatic rings. The number of hydrogen-bond acceptors (Lipinski definition) is 8. The van der Waals surface area contributed by atoms with E-state index in [-0.39, 0.29) is 36.2 Å². The van der Waals surface area contributed by atoms with Crippen LogP contribution in [-0.2, 0) is 18.3 Å². The molecule has 1 unspecified atom stereocenters. The molecule has 1 aromatic heterocycles. The van der Waals surface area contributed by atoms with E-state index in [2.05, 4.69) is 9.05 Å². The van der Waals surface area contributed by atoms with E-state index in [1.165, 1.54) is 0 Å². The van der Waals surface area contributed by atoms with E-state index in [1.807, 2.05) is 4.98 Å². The van der Waals surface area contributed by atoms with Gasteiger partial charge in [0.1, 0.15) is 18.3 Å². The van der Waals surface area contributed by atoms with Gasteiger partial charge in [0.05, 0.1) is 6.61 Å². The quantitative estimate of drug-likeness (QED) is 0.384. The molecule has 0 bridgehead atoms. The van der Waals surface area contributed by atoms with Crippen molar-refractivity contribution in [2.24, 2.45) is 0 Å². The number of aliphatic hydroxyl groups excluding tert-OH is 1. The number of H-pyrrole nitrogens is 1. The van der Waals surface area contributed by atoms with Crippen LogP contribution in [0.4, 0.5) is 0 Å². The van der Waals surface area contributed by atoms with Crippen LogP contribution in [0.5, 0.6) is 0 Å². The van der Waals surface area contributed by atoms with E-state index in [0.29, 0.717) is 0 Å². The van der Waals surface area contributed by atoms with Crippen LogP contribution in [0.3, 0.4) is 0 Å². The Hall–Kier alpha value is -0.290. The Kier molecular flexibility index (Phi) is 4.94. The standard InChI is InChI=1S/C9H11N2O8P.Na/c12-5-1-2-11(9(14)10-5)8-6(13)7-4(18-8)3-17-20(15,16)19-7;/h1-2,4,6-8,13H,3H2,(H,15,16)(H,10,12,14);/q;+1/p-1/t4-,6-,7-,8-;/m0./s1. The summed E-state index contributed by atoms with van der Waals surface area (Å²) < 4.78 is 26.6.